The summed E-state index contributed by atoms with van der Waals surface area (Å²) in [5.41, 5.74) is 3.85. The molecule has 0 amide bonds. The quantitative estimate of drug-likeness (QED) is 0.786. The number of anilines is 1. The molecule has 1 saturated heterocycles. The molecule has 4 rings (SSSR count). The van der Waals surface area contributed by atoms with Crippen LogP contribution in [0.1, 0.15) is 11.4 Å². The molecule has 7 nitrogen and oxygen atoms in total. The summed E-state index contributed by atoms with van der Waals surface area (Å²) in [5, 5.41) is 18.2. The smallest absolute Gasteiger partial charge is 0.179 e. The molecule has 3 aromatic rings. The first-order chi connectivity index (χ1) is 12.2. The van der Waals surface area contributed by atoms with E-state index in [2.05, 4.69) is 27.3 Å². The lowest BCUT2D eigenvalue weighted by Gasteiger charge is -2.28. The van der Waals surface area contributed by atoms with Crippen LogP contribution in [0.3, 0.4) is 0 Å². The Balaban J connectivity index is 1.89. The summed E-state index contributed by atoms with van der Waals surface area (Å²) < 4.78 is 7.31. The monoisotopic (exact) mass is 338 g/mol. The van der Waals surface area contributed by atoms with Crippen molar-refractivity contribution in [2.24, 2.45) is 0 Å². The van der Waals surface area contributed by atoms with Crippen LogP contribution >= 0.6 is 0 Å². The molecular formula is C18H22N6O. The molecule has 0 aliphatic carbocycles. The topological polar surface area (TPSA) is 68.1 Å². The molecule has 1 aliphatic rings. The summed E-state index contributed by atoms with van der Waals surface area (Å²) >= 11 is 0. The van der Waals surface area contributed by atoms with Crippen molar-refractivity contribution in [1.82, 2.24) is 25.3 Å². The van der Waals surface area contributed by atoms with Gasteiger partial charge in [0.15, 0.2) is 5.82 Å². The minimum Gasteiger partial charge on any atom is -0.497 e. The van der Waals surface area contributed by atoms with E-state index in [9.17, 15) is 0 Å². The molecule has 2 aromatic heterocycles. The highest BCUT2D eigenvalue weighted by atomic mass is 16.5. The van der Waals surface area contributed by atoms with Gasteiger partial charge < -0.3 is 15.0 Å². The lowest BCUT2D eigenvalue weighted by atomic mass is 10.2. The molecule has 7 heteroatoms. The average Bonchev–Trinajstić information content (AvgIpc) is 3.01. The van der Waals surface area contributed by atoms with E-state index in [1.54, 1.807) is 7.11 Å². The van der Waals surface area contributed by atoms with Gasteiger partial charge in [0.25, 0.3) is 0 Å². The molecular weight excluding hydrogens is 316 g/mol. The van der Waals surface area contributed by atoms with E-state index in [0.29, 0.717) is 0 Å². The zero-order valence-electron chi connectivity index (χ0n) is 14.8. The number of rotatable bonds is 3. The number of methoxy groups -OCH3 is 1. The van der Waals surface area contributed by atoms with E-state index in [4.69, 9.17) is 9.84 Å². The third-order valence-corrected chi connectivity index (χ3v) is 4.70. The van der Waals surface area contributed by atoms with Crippen molar-refractivity contribution < 1.29 is 4.74 Å². The SMILES string of the molecule is COc1cccc(-n2nc3c(N4CCNCC4)nnc(C)c3c2C)c1. The fourth-order valence-electron chi connectivity index (χ4n) is 3.39. The normalized spacial score (nSPS) is 14.9. The van der Waals surface area contributed by atoms with Gasteiger partial charge in [0.05, 0.1) is 29.6 Å². The lowest BCUT2D eigenvalue weighted by molar-refractivity contribution is 0.414. The van der Waals surface area contributed by atoms with Gasteiger partial charge in [0.2, 0.25) is 0 Å². The Labute approximate surface area is 146 Å². The van der Waals surface area contributed by atoms with Crippen LogP contribution in [0.5, 0.6) is 5.75 Å². The largest absolute Gasteiger partial charge is 0.497 e. The highest BCUT2D eigenvalue weighted by Crippen LogP contribution is 2.30. The van der Waals surface area contributed by atoms with Crippen molar-refractivity contribution >= 4 is 16.7 Å². The summed E-state index contributed by atoms with van der Waals surface area (Å²) in [6, 6.07) is 7.92. The summed E-state index contributed by atoms with van der Waals surface area (Å²) in [6.07, 6.45) is 0. The van der Waals surface area contributed by atoms with Gasteiger partial charge in [-0.15, -0.1) is 5.10 Å². The number of benzene rings is 1. The molecule has 1 aromatic carbocycles. The molecule has 1 aliphatic heterocycles. The van der Waals surface area contributed by atoms with Crippen molar-refractivity contribution in [1.29, 1.82) is 0 Å². The van der Waals surface area contributed by atoms with Gasteiger partial charge >= 0.3 is 0 Å². The molecule has 0 unspecified atom stereocenters. The summed E-state index contributed by atoms with van der Waals surface area (Å²) in [6.45, 7) is 7.79. The fraction of sp³-hybridized carbons (Fsp3) is 0.389. The summed E-state index contributed by atoms with van der Waals surface area (Å²) in [4.78, 5) is 2.26. The number of aromatic nitrogens is 4. The van der Waals surface area contributed by atoms with Gasteiger partial charge in [-0.2, -0.15) is 10.2 Å². The second-order valence-corrected chi connectivity index (χ2v) is 6.27. The number of nitrogens with one attached hydrogen (secondary N) is 1. The Kier molecular flexibility index (Phi) is 4.01. The van der Waals surface area contributed by atoms with Crippen LogP contribution in [0, 0.1) is 13.8 Å². The molecule has 25 heavy (non-hydrogen) atoms. The first-order valence-corrected chi connectivity index (χ1v) is 8.51. The highest BCUT2D eigenvalue weighted by molar-refractivity contribution is 5.92. The van der Waals surface area contributed by atoms with Crippen LogP contribution in [0.15, 0.2) is 24.3 Å². The Hall–Kier alpha value is -2.67. The van der Waals surface area contributed by atoms with Crippen LogP contribution in [-0.2, 0) is 0 Å². The fourth-order valence-corrected chi connectivity index (χ4v) is 3.39. The number of ether oxygens (including phenoxy) is 1. The molecule has 1 fully saturated rings. The molecule has 0 atom stereocenters. The number of fused-ring (bicyclic) bond motifs is 1. The molecule has 0 radical (unpaired) electrons. The van der Waals surface area contributed by atoms with Crippen LogP contribution in [0.25, 0.3) is 16.6 Å². The number of hydrogen-bond acceptors (Lipinski definition) is 6. The van der Waals surface area contributed by atoms with E-state index < -0.39 is 0 Å². The van der Waals surface area contributed by atoms with Gasteiger partial charge in [-0.25, -0.2) is 4.68 Å². The van der Waals surface area contributed by atoms with Crippen molar-refractivity contribution in [2.45, 2.75) is 13.8 Å². The van der Waals surface area contributed by atoms with E-state index in [1.165, 1.54) is 0 Å². The van der Waals surface area contributed by atoms with Crippen molar-refractivity contribution in [2.75, 3.05) is 38.2 Å². The number of aryl methyl sites for hydroxylation is 2. The Bertz CT molecular complexity index is 913. The number of hydrogen-bond donors (Lipinski definition) is 1. The van der Waals surface area contributed by atoms with E-state index in [-0.39, 0.29) is 0 Å². The molecule has 0 bridgehead atoms. The van der Waals surface area contributed by atoms with Crippen LogP contribution in [0.2, 0.25) is 0 Å². The summed E-state index contributed by atoms with van der Waals surface area (Å²) in [7, 11) is 1.67. The van der Waals surface area contributed by atoms with Crippen LogP contribution in [-0.4, -0.2) is 53.3 Å². The minimum absolute atomic E-state index is 0.812. The maximum Gasteiger partial charge on any atom is 0.179 e. The highest BCUT2D eigenvalue weighted by Gasteiger charge is 2.21. The second-order valence-electron chi connectivity index (χ2n) is 6.27. The van der Waals surface area contributed by atoms with Crippen molar-refractivity contribution in [3.8, 4) is 11.4 Å². The van der Waals surface area contributed by atoms with Gasteiger partial charge in [-0.1, -0.05) is 6.07 Å². The van der Waals surface area contributed by atoms with Gasteiger partial charge in [0.1, 0.15) is 11.3 Å². The minimum atomic E-state index is 0.812. The number of piperazine rings is 1. The molecule has 1 N–H and O–H groups in total. The zero-order valence-corrected chi connectivity index (χ0v) is 14.8. The van der Waals surface area contributed by atoms with E-state index in [0.717, 1.165) is 65.7 Å². The standard InChI is InChI=1S/C18H22N6O/c1-12-16-13(2)24(14-5-4-6-15(11-14)25-3)22-17(16)18(21-20-12)23-9-7-19-8-10-23/h4-6,11,19H,7-10H2,1-3H3. The first-order valence-electron chi connectivity index (χ1n) is 8.51. The van der Waals surface area contributed by atoms with E-state index in [1.807, 2.05) is 35.9 Å². The van der Waals surface area contributed by atoms with Crippen molar-refractivity contribution in [3.05, 3.63) is 35.7 Å². The Morgan fingerprint density at radius 1 is 1.12 bits per heavy atom. The Morgan fingerprint density at radius 2 is 1.92 bits per heavy atom. The summed E-state index contributed by atoms with van der Waals surface area (Å²) in [5.74, 6) is 1.68. The number of nitrogens with zero attached hydrogens (tertiary/aromatic N) is 5. The van der Waals surface area contributed by atoms with Crippen LogP contribution in [0.4, 0.5) is 5.82 Å². The predicted molar refractivity (Wildman–Crippen MR) is 97.8 cm³/mol. The second kappa shape index (κ2) is 6.33. The zero-order chi connectivity index (χ0) is 17.4. The average molecular weight is 338 g/mol. The maximum absolute atomic E-state index is 5.35. The van der Waals surface area contributed by atoms with Crippen molar-refractivity contribution in [3.63, 3.8) is 0 Å². The van der Waals surface area contributed by atoms with E-state index >= 15 is 0 Å². The predicted octanol–water partition coefficient (Wildman–Crippen LogP) is 1.85. The first kappa shape index (κ1) is 15.8. The third kappa shape index (κ3) is 2.70. The Morgan fingerprint density at radius 3 is 2.68 bits per heavy atom. The molecule has 130 valence electrons. The van der Waals surface area contributed by atoms with Gasteiger partial charge in [-0.3, -0.25) is 0 Å². The lowest BCUT2D eigenvalue weighted by Crippen LogP contribution is -2.44. The molecule has 0 saturated carbocycles. The molecule has 0 spiro atoms. The van der Waals surface area contributed by atoms with Crippen LogP contribution < -0.4 is 15.0 Å². The van der Waals surface area contributed by atoms with Gasteiger partial charge in [-0.05, 0) is 26.0 Å². The van der Waals surface area contributed by atoms with Gasteiger partial charge in [0, 0.05) is 32.2 Å². The third-order valence-electron chi connectivity index (χ3n) is 4.70. The molecule has 3 heterocycles. The maximum atomic E-state index is 5.35.